The molecule has 1 spiro atoms. The highest BCUT2D eigenvalue weighted by Gasteiger charge is 2.40. The summed E-state index contributed by atoms with van der Waals surface area (Å²) in [5.41, 5.74) is 6.08. The van der Waals surface area contributed by atoms with Crippen molar-refractivity contribution in [2.24, 2.45) is 11.1 Å². The third-order valence-electron chi connectivity index (χ3n) is 3.18. The van der Waals surface area contributed by atoms with E-state index in [4.69, 9.17) is 10.5 Å². The van der Waals surface area contributed by atoms with Gasteiger partial charge in [0.1, 0.15) is 0 Å². The molecule has 0 saturated carbocycles. The Hall–Kier alpha value is -0.120. The van der Waals surface area contributed by atoms with Gasteiger partial charge in [0.15, 0.2) is 0 Å². The Balaban J connectivity index is 1.77. The average molecular weight is 170 g/mol. The second-order valence-corrected chi connectivity index (χ2v) is 4.12. The average Bonchev–Trinajstić information content (AvgIpc) is 2.04. The highest BCUT2D eigenvalue weighted by Crippen LogP contribution is 2.38. The number of nitrogens with two attached hydrogens (primary N) is 1. The molecule has 2 rings (SSSR count). The maximum absolute atomic E-state index is 5.51. The van der Waals surface area contributed by atoms with Crippen molar-refractivity contribution in [2.75, 3.05) is 39.4 Å². The minimum atomic E-state index is 0.575. The van der Waals surface area contributed by atoms with E-state index < -0.39 is 0 Å². The van der Waals surface area contributed by atoms with E-state index in [0.717, 1.165) is 26.3 Å². The number of nitrogens with zero attached hydrogens (tertiary/aromatic N) is 1. The lowest BCUT2D eigenvalue weighted by Gasteiger charge is -2.47. The van der Waals surface area contributed by atoms with Crippen LogP contribution in [0.4, 0.5) is 0 Å². The van der Waals surface area contributed by atoms with E-state index in [1.54, 1.807) is 0 Å². The van der Waals surface area contributed by atoms with Crippen LogP contribution < -0.4 is 5.73 Å². The fraction of sp³-hybridized carbons (Fsp3) is 1.00. The van der Waals surface area contributed by atoms with Gasteiger partial charge in [0.05, 0.1) is 13.2 Å². The summed E-state index contributed by atoms with van der Waals surface area (Å²) >= 11 is 0. The van der Waals surface area contributed by atoms with Crippen molar-refractivity contribution in [3.05, 3.63) is 0 Å². The van der Waals surface area contributed by atoms with Gasteiger partial charge < -0.3 is 15.4 Å². The first kappa shape index (κ1) is 8.48. The van der Waals surface area contributed by atoms with Crippen LogP contribution in [0.25, 0.3) is 0 Å². The van der Waals surface area contributed by atoms with Gasteiger partial charge in [-0.25, -0.2) is 0 Å². The minimum Gasteiger partial charge on any atom is -0.380 e. The van der Waals surface area contributed by atoms with Gasteiger partial charge in [-0.1, -0.05) is 0 Å². The van der Waals surface area contributed by atoms with Crippen molar-refractivity contribution < 1.29 is 4.74 Å². The summed E-state index contributed by atoms with van der Waals surface area (Å²) in [7, 11) is 0. The van der Waals surface area contributed by atoms with Crippen molar-refractivity contribution in [3.8, 4) is 0 Å². The largest absolute Gasteiger partial charge is 0.380 e. The molecule has 0 aliphatic carbocycles. The van der Waals surface area contributed by atoms with Crippen LogP contribution >= 0.6 is 0 Å². The topological polar surface area (TPSA) is 38.5 Å². The van der Waals surface area contributed by atoms with Gasteiger partial charge in [0.25, 0.3) is 0 Å². The van der Waals surface area contributed by atoms with Crippen LogP contribution in [0.5, 0.6) is 0 Å². The monoisotopic (exact) mass is 170 g/mol. The van der Waals surface area contributed by atoms with Gasteiger partial charge in [0, 0.05) is 18.5 Å². The second kappa shape index (κ2) is 3.32. The molecule has 0 aromatic heterocycles. The number of hydrogen-bond donors (Lipinski definition) is 1. The zero-order chi connectivity index (χ0) is 8.44. The lowest BCUT2D eigenvalue weighted by molar-refractivity contribution is -0.139. The molecular formula is C9H18N2O. The Morgan fingerprint density at radius 3 is 2.33 bits per heavy atom. The van der Waals surface area contributed by atoms with Crippen LogP contribution in [-0.4, -0.2) is 44.3 Å². The molecule has 2 heterocycles. The van der Waals surface area contributed by atoms with Gasteiger partial charge in [-0.05, 0) is 25.9 Å². The van der Waals surface area contributed by atoms with E-state index in [9.17, 15) is 0 Å². The fourth-order valence-corrected chi connectivity index (χ4v) is 2.11. The molecule has 0 aromatic carbocycles. The van der Waals surface area contributed by atoms with Crippen molar-refractivity contribution in [1.82, 2.24) is 4.90 Å². The molecule has 3 heteroatoms. The third kappa shape index (κ3) is 1.49. The summed E-state index contributed by atoms with van der Waals surface area (Å²) in [4.78, 5) is 2.46. The van der Waals surface area contributed by atoms with E-state index in [0.29, 0.717) is 5.41 Å². The number of piperidine rings is 1. The van der Waals surface area contributed by atoms with Gasteiger partial charge in [-0.2, -0.15) is 0 Å². The number of hydrogen-bond acceptors (Lipinski definition) is 3. The molecule has 0 bridgehead atoms. The summed E-state index contributed by atoms with van der Waals surface area (Å²) in [6.45, 7) is 6.31. The lowest BCUT2D eigenvalue weighted by Crippen LogP contribution is -2.51. The Bertz CT molecular complexity index is 147. The zero-order valence-electron chi connectivity index (χ0n) is 7.59. The Morgan fingerprint density at radius 2 is 1.92 bits per heavy atom. The second-order valence-electron chi connectivity index (χ2n) is 4.12. The molecule has 0 radical (unpaired) electrons. The van der Waals surface area contributed by atoms with Crippen LogP contribution in [-0.2, 0) is 4.74 Å². The molecule has 2 fully saturated rings. The Labute approximate surface area is 73.9 Å². The SMILES string of the molecule is NCCN1CCC2(CC1)COC2. The molecule has 0 amide bonds. The summed E-state index contributed by atoms with van der Waals surface area (Å²) in [5, 5.41) is 0. The first-order chi connectivity index (χ1) is 5.85. The minimum absolute atomic E-state index is 0.575. The van der Waals surface area contributed by atoms with E-state index in [-0.39, 0.29) is 0 Å². The molecule has 2 aliphatic heterocycles. The fourth-order valence-electron chi connectivity index (χ4n) is 2.11. The quantitative estimate of drug-likeness (QED) is 0.637. The first-order valence-corrected chi connectivity index (χ1v) is 4.85. The van der Waals surface area contributed by atoms with Crippen molar-refractivity contribution in [1.29, 1.82) is 0 Å². The third-order valence-corrected chi connectivity index (χ3v) is 3.18. The van der Waals surface area contributed by atoms with E-state index in [1.165, 1.54) is 25.9 Å². The number of ether oxygens (including phenoxy) is 1. The van der Waals surface area contributed by atoms with Crippen molar-refractivity contribution >= 4 is 0 Å². The summed E-state index contributed by atoms with van der Waals surface area (Å²) in [6, 6.07) is 0. The van der Waals surface area contributed by atoms with Crippen molar-refractivity contribution in [3.63, 3.8) is 0 Å². The summed E-state index contributed by atoms with van der Waals surface area (Å²) in [5.74, 6) is 0. The van der Waals surface area contributed by atoms with Gasteiger partial charge in [-0.3, -0.25) is 0 Å². The van der Waals surface area contributed by atoms with Crippen LogP contribution in [0.15, 0.2) is 0 Å². The van der Waals surface area contributed by atoms with Crippen LogP contribution in [0.2, 0.25) is 0 Å². The number of rotatable bonds is 2. The highest BCUT2D eigenvalue weighted by atomic mass is 16.5. The smallest absolute Gasteiger partial charge is 0.0545 e. The van der Waals surface area contributed by atoms with Crippen LogP contribution in [0.1, 0.15) is 12.8 Å². The zero-order valence-corrected chi connectivity index (χ0v) is 7.59. The maximum Gasteiger partial charge on any atom is 0.0545 e. The molecule has 0 atom stereocenters. The normalized spacial score (nSPS) is 28.8. The van der Waals surface area contributed by atoms with Crippen molar-refractivity contribution in [2.45, 2.75) is 12.8 Å². The van der Waals surface area contributed by atoms with Crippen LogP contribution in [0.3, 0.4) is 0 Å². The molecule has 2 N–H and O–H groups in total. The summed E-state index contributed by atoms with van der Waals surface area (Å²) < 4.78 is 5.27. The first-order valence-electron chi connectivity index (χ1n) is 4.85. The van der Waals surface area contributed by atoms with E-state index in [1.807, 2.05) is 0 Å². The molecule has 12 heavy (non-hydrogen) atoms. The number of likely N-dealkylation sites (tertiary alicyclic amines) is 1. The van der Waals surface area contributed by atoms with Gasteiger partial charge >= 0.3 is 0 Å². The molecule has 2 saturated heterocycles. The summed E-state index contributed by atoms with van der Waals surface area (Å²) in [6.07, 6.45) is 2.62. The van der Waals surface area contributed by atoms with Gasteiger partial charge in [0.2, 0.25) is 0 Å². The maximum atomic E-state index is 5.51. The molecule has 3 nitrogen and oxygen atoms in total. The predicted octanol–water partition coefficient (Wildman–Crippen LogP) is 0.0575. The molecule has 0 aromatic rings. The molecule has 2 aliphatic rings. The van der Waals surface area contributed by atoms with E-state index >= 15 is 0 Å². The molecular weight excluding hydrogens is 152 g/mol. The Kier molecular flexibility index (Phi) is 2.35. The standard InChI is InChI=1S/C9H18N2O/c10-3-6-11-4-1-9(2-5-11)7-12-8-9/h1-8,10H2. The van der Waals surface area contributed by atoms with E-state index in [2.05, 4.69) is 4.90 Å². The Morgan fingerprint density at radius 1 is 1.25 bits per heavy atom. The molecule has 0 unspecified atom stereocenters. The molecule has 70 valence electrons. The van der Waals surface area contributed by atoms with Gasteiger partial charge in [-0.15, -0.1) is 0 Å². The predicted molar refractivity (Wildman–Crippen MR) is 48.0 cm³/mol. The van der Waals surface area contributed by atoms with Crippen LogP contribution in [0, 0.1) is 5.41 Å². The lowest BCUT2D eigenvalue weighted by atomic mass is 9.77. The highest BCUT2D eigenvalue weighted by molar-refractivity contribution is 4.90.